The Morgan fingerprint density at radius 1 is 1.29 bits per heavy atom. The molecule has 0 spiro atoms. The molecule has 2 aliphatic heterocycles. The van der Waals surface area contributed by atoms with E-state index >= 15 is 0 Å². The fraction of sp³-hybridized carbons (Fsp3) is 0.462. The molecule has 11 nitrogen and oxygen atoms in total. The number of benzene rings is 1. The predicted molar refractivity (Wildman–Crippen MR) is 135 cm³/mol. The lowest BCUT2D eigenvalue weighted by atomic mass is 10.1. The zero-order valence-corrected chi connectivity index (χ0v) is 21.3. The van der Waals surface area contributed by atoms with Crippen LogP contribution in [0.1, 0.15) is 17.5 Å². The highest BCUT2D eigenvalue weighted by Crippen LogP contribution is 2.33. The number of hydrogen-bond acceptors (Lipinski definition) is 8. The van der Waals surface area contributed by atoms with Crippen molar-refractivity contribution in [3.8, 4) is 11.5 Å². The molecule has 3 aliphatic rings. The summed E-state index contributed by atoms with van der Waals surface area (Å²) in [6.45, 7) is 1.47. The molecule has 1 fully saturated rings. The monoisotopic (exact) mass is 527 g/mol. The number of cyclic esters (lactones) is 1. The van der Waals surface area contributed by atoms with Crippen LogP contribution in [-0.4, -0.2) is 80.8 Å². The first-order valence-corrected chi connectivity index (χ1v) is 12.5. The van der Waals surface area contributed by atoms with Gasteiger partial charge in [0.15, 0.2) is 24.8 Å². The number of fused-ring (bicyclic) bond motifs is 2. The van der Waals surface area contributed by atoms with Gasteiger partial charge in [0.1, 0.15) is 23.5 Å². The number of nitrogens with zero attached hydrogens (tertiary/aromatic N) is 3. The van der Waals surface area contributed by atoms with E-state index in [1.165, 1.54) is 15.9 Å². The van der Waals surface area contributed by atoms with Crippen LogP contribution in [0.15, 0.2) is 24.3 Å². The summed E-state index contributed by atoms with van der Waals surface area (Å²) in [6.07, 6.45) is 1.16. The number of ether oxygens (including phenoxy) is 3. The van der Waals surface area contributed by atoms with Crippen molar-refractivity contribution in [3.05, 3.63) is 41.2 Å². The van der Waals surface area contributed by atoms with Gasteiger partial charge in [-0.05, 0) is 67.6 Å². The maximum atomic E-state index is 14.6. The topological polar surface area (TPSA) is 122 Å². The summed E-state index contributed by atoms with van der Waals surface area (Å²) >= 11 is 0. The van der Waals surface area contributed by atoms with Crippen LogP contribution in [0, 0.1) is 11.7 Å². The van der Waals surface area contributed by atoms with Gasteiger partial charge in [-0.2, -0.15) is 0 Å². The SMILES string of the molecule is CN(C)C(=O)COc1cc(F)c2c(c1)CC(CNCCC1CN(c3ccc4c(n3)NC(=O)CO4)C(=O)O1)C2. The average molecular weight is 528 g/mol. The fourth-order valence-electron chi connectivity index (χ4n) is 4.78. The van der Waals surface area contributed by atoms with Crippen LogP contribution in [0.5, 0.6) is 11.5 Å². The maximum absolute atomic E-state index is 14.6. The molecule has 2 unspecified atom stereocenters. The standard InChI is InChI=1S/C26H30FN5O6/c1-31(2)24(34)14-36-18-9-16-7-15(8-19(16)20(27)10-18)11-28-6-5-17-12-32(26(35)38-17)22-4-3-21-25(29-22)30-23(33)13-37-21/h3-4,9-10,15,17,28H,5-8,11-14H2,1-2H3,(H,29,30,33). The summed E-state index contributed by atoms with van der Waals surface area (Å²) in [7, 11) is 3.28. The van der Waals surface area contributed by atoms with Gasteiger partial charge < -0.3 is 29.7 Å². The lowest BCUT2D eigenvalue weighted by Gasteiger charge is -2.19. The molecule has 202 valence electrons. The number of halogens is 1. The zero-order valence-electron chi connectivity index (χ0n) is 21.3. The molecule has 3 amide bonds. The van der Waals surface area contributed by atoms with Crippen LogP contribution >= 0.6 is 0 Å². The van der Waals surface area contributed by atoms with Crippen molar-refractivity contribution in [2.24, 2.45) is 5.92 Å². The van der Waals surface area contributed by atoms with Crippen LogP contribution in [-0.2, 0) is 27.2 Å². The Hall–Kier alpha value is -3.93. The zero-order chi connectivity index (χ0) is 26.8. The average Bonchev–Trinajstić information content (AvgIpc) is 3.47. The third-order valence-corrected chi connectivity index (χ3v) is 6.81. The van der Waals surface area contributed by atoms with Crippen LogP contribution in [0.3, 0.4) is 0 Å². The number of amides is 3. The Bertz CT molecular complexity index is 1250. The minimum atomic E-state index is -0.488. The normalized spacial score (nSPS) is 19.8. The van der Waals surface area contributed by atoms with E-state index in [4.69, 9.17) is 14.2 Å². The fourth-order valence-corrected chi connectivity index (χ4v) is 4.78. The Morgan fingerprint density at radius 2 is 2.13 bits per heavy atom. The Kier molecular flexibility index (Phi) is 7.32. The number of hydrogen-bond donors (Lipinski definition) is 2. The van der Waals surface area contributed by atoms with Gasteiger partial charge in [0.2, 0.25) is 0 Å². The van der Waals surface area contributed by atoms with E-state index in [2.05, 4.69) is 15.6 Å². The molecular weight excluding hydrogens is 497 g/mol. The first-order chi connectivity index (χ1) is 18.3. The Morgan fingerprint density at radius 3 is 2.95 bits per heavy atom. The summed E-state index contributed by atoms with van der Waals surface area (Å²) in [6, 6.07) is 6.49. The highest BCUT2D eigenvalue weighted by atomic mass is 19.1. The molecule has 0 radical (unpaired) electrons. The number of aromatic nitrogens is 1. The second-order valence-corrected chi connectivity index (χ2v) is 9.86. The van der Waals surface area contributed by atoms with Crippen molar-refractivity contribution in [2.75, 3.05) is 57.2 Å². The molecule has 2 atom stereocenters. The Balaban J connectivity index is 1.07. The van der Waals surface area contributed by atoms with E-state index in [0.717, 1.165) is 5.56 Å². The molecule has 5 rings (SSSR count). The highest BCUT2D eigenvalue weighted by Gasteiger charge is 2.34. The molecule has 0 saturated carbocycles. The predicted octanol–water partition coefficient (Wildman–Crippen LogP) is 1.74. The van der Waals surface area contributed by atoms with Gasteiger partial charge in [0.25, 0.3) is 11.8 Å². The van der Waals surface area contributed by atoms with Gasteiger partial charge in [-0.3, -0.25) is 14.5 Å². The van der Waals surface area contributed by atoms with E-state index in [9.17, 15) is 18.8 Å². The molecule has 1 saturated heterocycles. The number of pyridine rings is 1. The smallest absolute Gasteiger partial charge is 0.415 e. The van der Waals surface area contributed by atoms with Crippen LogP contribution in [0.25, 0.3) is 0 Å². The molecule has 1 aromatic heterocycles. The van der Waals surface area contributed by atoms with Crippen molar-refractivity contribution in [2.45, 2.75) is 25.4 Å². The highest BCUT2D eigenvalue weighted by molar-refractivity contribution is 5.95. The van der Waals surface area contributed by atoms with Crippen molar-refractivity contribution in [1.82, 2.24) is 15.2 Å². The van der Waals surface area contributed by atoms with E-state index in [-0.39, 0.29) is 48.7 Å². The van der Waals surface area contributed by atoms with Gasteiger partial charge in [0, 0.05) is 20.2 Å². The first-order valence-electron chi connectivity index (χ1n) is 12.5. The van der Waals surface area contributed by atoms with Gasteiger partial charge >= 0.3 is 6.09 Å². The van der Waals surface area contributed by atoms with Gasteiger partial charge in [-0.1, -0.05) is 0 Å². The molecule has 38 heavy (non-hydrogen) atoms. The molecule has 1 aliphatic carbocycles. The molecule has 3 heterocycles. The molecule has 12 heteroatoms. The summed E-state index contributed by atoms with van der Waals surface area (Å²) in [5.74, 6) is 0.927. The number of carbonyl (C=O) groups is 3. The summed E-state index contributed by atoms with van der Waals surface area (Å²) in [5.41, 5.74) is 1.60. The van der Waals surface area contributed by atoms with Crippen molar-refractivity contribution < 1.29 is 33.0 Å². The van der Waals surface area contributed by atoms with Crippen LogP contribution in [0.4, 0.5) is 20.8 Å². The van der Waals surface area contributed by atoms with Gasteiger partial charge in [-0.25, -0.2) is 14.2 Å². The molecule has 1 aromatic carbocycles. The van der Waals surface area contributed by atoms with E-state index in [1.807, 2.05) is 6.07 Å². The van der Waals surface area contributed by atoms with Gasteiger partial charge in [-0.15, -0.1) is 0 Å². The molecule has 2 aromatic rings. The van der Waals surface area contributed by atoms with E-state index < -0.39 is 6.09 Å². The lowest BCUT2D eigenvalue weighted by Crippen LogP contribution is -2.30. The minimum absolute atomic E-state index is 0.0641. The van der Waals surface area contributed by atoms with E-state index in [0.29, 0.717) is 61.8 Å². The number of rotatable bonds is 9. The maximum Gasteiger partial charge on any atom is 0.415 e. The van der Waals surface area contributed by atoms with E-state index in [1.54, 1.807) is 26.2 Å². The van der Waals surface area contributed by atoms with Crippen molar-refractivity contribution >= 4 is 29.5 Å². The summed E-state index contributed by atoms with van der Waals surface area (Å²) in [5, 5.41) is 6.03. The second kappa shape index (κ2) is 10.8. The largest absolute Gasteiger partial charge is 0.484 e. The summed E-state index contributed by atoms with van der Waals surface area (Å²) < 4.78 is 30.9. The minimum Gasteiger partial charge on any atom is -0.484 e. The Labute approximate surface area is 219 Å². The molecular formula is C26H30FN5O6. The van der Waals surface area contributed by atoms with Crippen LogP contribution < -0.4 is 25.0 Å². The number of carbonyl (C=O) groups excluding carboxylic acids is 3. The van der Waals surface area contributed by atoms with Crippen molar-refractivity contribution in [3.63, 3.8) is 0 Å². The molecule has 2 N–H and O–H groups in total. The van der Waals surface area contributed by atoms with Crippen LogP contribution in [0.2, 0.25) is 0 Å². The third-order valence-electron chi connectivity index (χ3n) is 6.81. The third kappa shape index (κ3) is 5.64. The van der Waals surface area contributed by atoms with Crippen molar-refractivity contribution in [1.29, 1.82) is 0 Å². The second-order valence-electron chi connectivity index (χ2n) is 9.86. The lowest BCUT2D eigenvalue weighted by molar-refractivity contribution is -0.130. The molecule has 0 bridgehead atoms. The number of anilines is 2. The number of nitrogens with one attached hydrogen (secondary N) is 2. The number of likely N-dealkylation sites (N-methyl/N-ethyl adjacent to an activating group) is 1. The quantitative estimate of drug-likeness (QED) is 0.473. The van der Waals surface area contributed by atoms with Gasteiger partial charge in [0.05, 0.1) is 6.54 Å². The summed E-state index contributed by atoms with van der Waals surface area (Å²) in [4.78, 5) is 42.9. The first kappa shape index (κ1) is 25.7.